The number of rotatable bonds is 5. The molecular weight excluding hydrogens is 214 g/mol. The molecule has 92 valence electrons. The van der Waals surface area contributed by atoms with Gasteiger partial charge in [0.25, 0.3) is 0 Å². The maximum Gasteiger partial charge on any atom is 0.337 e. The van der Waals surface area contributed by atoms with E-state index in [4.69, 9.17) is 0 Å². The summed E-state index contributed by atoms with van der Waals surface area (Å²) in [7, 11) is 1.40. The maximum atomic E-state index is 11.2. The van der Waals surface area contributed by atoms with Gasteiger partial charge in [-0.25, -0.2) is 4.79 Å². The second kappa shape index (κ2) is 5.32. The molecule has 0 aliphatic heterocycles. The van der Waals surface area contributed by atoms with Crippen LogP contribution in [-0.4, -0.2) is 19.1 Å². The molecule has 1 N–H and O–H groups in total. The Bertz CT molecular complexity index is 386. The monoisotopic (exact) mass is 233 g/mol. The quantitative estimate of drug-likeness (QED) is 0.793. The highest BCUT2D eigenvalue weighted by Gasteiger charge is 2.34. The first-order chi connectivity index (χ1) is 8.24. The van der Waals surface area contributed by atoms with Crippen LogP contribution < -0.4 is 5.32 Å². The van der Waals surface area contributed by atoms with E-state index in [9.17, 15) is 4.79 Å². The molecule has 2 rings (SSSR count). The van der Waals surface area contributed by atoms with Crippen LogP contribution in [0.3, 0.4) is 0 Å². The normalized spacial score (nSPS) is 22.2. The van der Waals surface area contributed by atoms with Crippen molar-refractivity contribution >= 4 is 5.97 Å². The summed E-state index contributed by atoms with van der Waals surface area (Å²) in [5, 5.41) is 3.52. The third-order valence-corrected chi connectivity index (χ3v) is 3.39. The molecule has 0 bridgehead atoms. The summed E-state index contributed by atoms with van der Waals surface area (Å²) < 4.78 is 4.66. The van der Waals surface area contributed by atoms with Gasteiger partial charge in [-0.3, -0.25) is 0 Å². The van der Waals surface area contributed by atoms with Gasteiger partial charge in [-0.2, -0.15) is 0 Å². The number of carbonyl (C=O) groups excluding carboxylic acids is 1. The van der Waals surface area contributed by atoms with Gasteiger partial charge in [0.2, 0.25) is 0 Å². The summed E-state index contributed by atoms with van der Waals surface area (Å²) >= 11 is 0. The van der Waals surface area contributed by atoms with Crippen molar-refractivity contribution in [1.29, 1.82) is 0 Å². The van der Waals surface area contributed by atoms with Gasteiger partial charge in [-0.05, 0) is 30.0 Å². The summed E-state index contributed by atoms with van der Waals surface area (Å²) in [5.41, 5.74) is 1.81. The van der Waals surface area contributed by atoms with E-state index in [-0.39, 0.29) is 5.97 Å². The van der Waals surface area contributed by atoms with Crippen molar-refractivity contribution in [2.24, 2.45) is 5.92 Å². The minimum atomic E-state index is -0.280. The summed E-state index contributed by atoms with van der Waals surface area (Å²) in [6.45, 7) is 3.11. The molecular formula is C14H19NO2. The molecule has 0 aromatic heterocycles. The molecule has 2 atom stereocenters. The Morgan fingerprint density at radius 2 is 2.12 bits per heavy atom. The van der Waals surface area contributed by atoms with E-state index in [0.29, 0.717) is 11.6 Å². The number of esters is 1. The van der Waals surface area contributed by atoms with Crippen molar-refractivity contribution in [3.63, 3.8) is 0 Å². The van der Waals surface area contributed by atoms with Gasteiger partial charge in [0.05, 0.1) is 12.7 Å². The van der Waals surface area contributed by atoms with E-state index >= 15 is 0 Å². The third kappa shape index (κ3) is 3.07. The van der Waals surface area contributed by atoms with Crippen LogP contribution in [0.5, 0.6) is 0 Å². The zero-order chi connectivity index (χ0) is 12.3. The molecule has 17 heavy (non-hydrogen) atoms. The lowest BCUT2D eigenvalue weighted by Crippen LogP contribution is -2.17. The molecule has 1 aromatic rings. The van der Waals surface area contributed by atoms with Gasteiger partial charge in [0, 0.05) is 12.6 Å². The smallest absolute Gasteiger partial charge is 0.337 e. The van der Waals surface area contributed by atoms with Gasteiger partial charge in [-0.1, -0.05) is 25.5 Å². The summed E-state index contributed by atoms with van der Waals surface area (Å²) in [5.74, 6) is 0.585. The van der Waals surface area contributed by atoms with E-state index in [1.165, 1.54) is 25.5 Å². The second-order valence-electron chi connectivity index (χ2n) is 4.58. The van der Waals surface area contributed by atoms with Gasteiger partial charge in [0.1, 0.15) is 0 Å². The lowest BCUT2D eigenvalue weighted by atomic mass is 10.1. The van der Waals surface area contributed by atoms with Crippen molar-refractivity contribution < 1.29 is 9.53 Å². The fraction of sp³-hybridized carbons (Fsp3) is 0.500. The molecule has 0 amide bonds. The van der Waals surface area contributed by atoms with Crippen molar-refractivity contribution in [1.82, 2.24) is 5.32 Å². The van der Waals surface area contributed by atoms with Crippen LogP contribution in [0.4, 0.5) is 0 Å². The average Bonchev–Trinajstić information content (AvgIpc) is 3.14. The molecule has 1 aromatic carbocycles. The van der Waals surface area contributed by atoms with Crippen LogP contribution in [-0.2, 0) is 11.3 Å². The second-order valence-corrected chi connectivity index (χ2v) is 4.58. The van der Waals surface area contributed by atoms with Crippen molar-refractivity contribution in [2.75, 3.05) is 7.11 Å². The zero-order valence-corrected chi connectivity index (χ0v) is 10.4. The van der Waals surface area contributed by atoms with E-state index < -0.39 is 0 Å². The van der Waals surface area contributed by atoms with E-state index in [0.717, 1.165) is 12.5 Å². The van der Waals surface area contributed by atoms with Crippen LogP contribution in [0.2, 0.25) is 0 Å². The number of ether oxygens (including phenoxy) is 1. The first-order valence-corrected chi connectivity index (χ1v) is 6.15. The first-order valence-electron chi connectivity index (χ1n) is 6.15. The predicted molar refractivity (Wildman–Crippen MR) is 66.8 cm³/mol. The average molecular weight is 233 g/mol. The fourth-order valence-electron chi connectivity index (χ4n) is 2.07. The molecule has 1 saturated carbocycles. The summed E-state index contributed by atoms with van der Waals surface area (Å²) in [6, 6.07) is 8.27. The lowest BCUT2D eigenvalue weighted by molar-refractivity contribution is 0.0600. The van der Waals surface area contributed by atoms with Gasteiger partial charge >= 0.3 is 5.97 Å². The molecule has 0 spiro atoms. The molecule has 1 aliphatic carbocycles. The van der Waals surface area contributed by atoms with Crippen LogP contribution in [0.25, 0.3) is 0 Å². The Kier molecular flexibility index (Phi) is 3.79. The number of carbonyl (C=O) groups is 1. The summed E-state index contributed by atoms with van der Waals surface area (Å²) in [4.78, 5) is 11.2. The largest absolute Gasteiger partial charge is 0.465 e. The van der Waals surface area contributed by atoms with Gasteiger partial charge in [-0.15, -0.1) is 0 Å². The highest BCUT2D eigenvalue weighted by molar-refractivity contribution is 5.89. The molecule has 0 heterocycles. The third-order valence-electron chi connectivity index (χ3n) is 3.39. The minimum absolute atomic E-state index is 0.280. The highest BCUT2D eigenvalue weighted by atomic mass is 16.5. The van der Waals surface area contributed by atoms with Crippen LogP contribution in [0.15, 0.2) is 24.3 Å². The molecule has 0 saturated heterocycles. The van der Waals surface area contributed by atoms with E-state index in [1.807, 2.05) is 24.3 Å². The molecule has 1 aliphatic rings. The Hall–Kier alpha value is -1.35. The number of methoxy groups -OCH3 is 1. The SMILES string of the molecule is CCC1CC1NCc1ccc(C(=O)OC)cc1. The predicted octanol–water partition coefficient (Wildman–Crippen LogP) is 2.36. The maximum absolute atomic E-state index is 11.2. The van der Waals surface area contributed by atoms with Crippen LogP contribution in [0.1, 0.15) is 35.7 Å². The topological polar surface area (TPSA) is 38.3 Å². The number of hydrogen-bond acceptors (Lipinski definition) is 3. The van der Waals surface area contributed by atoms with E-state index in [1.54, 1.807) is 0 Å². The van der Waals surface area contributed by atoms with E-state index in [2.05, 4.69) is 17.0 Å². The number of hydrogen-bond donors (Lipinski definition) is 1. The summed E-state index contributed by atoms with van der Waals surface area (Å²) in [6.07, 6.45) is 2.57. The molecule has 2 unspecified atom stereocenters. The Morgan fingerprint density at radius 1 is 1.41 bits per heavy atom. The molecule has 3 nitrogen and oxygen atoms in total. The number of benzene rings is 1. The molecule has 1 fully saturated rings. The Labute approximate surface area is 102 Å². The Balaban J connectivity index is 1.84. The minimum Gasteiger partial charge on any atom is -0.465 e. The lowest BCUT2D eigenvalue weighted by Gasteiger charge is -2.05. The van der Waals surface area contributed by atoms with Crippen molar-refractivity contribution in [3.8, 4) is 0 Å². The highest BCUT2D eigenvalue weighted by Crippen LogP contribution is 2.33. The van der Waals surface area contributed by atoms with Crippen LogP contribution in [0, 0.1) is 5.92 Å². The number of nitrogens with one attached hydrogen (secondary N) is 1. The zero-order valence-electron chi connectivity index (χ0n) is 10.4. The first kappa shape index (κ1) is 12.1. The van der Waals surface area contributed by atoms with Crippen molar-refractivity contribution in [3.05, 3.63) is 35.4 Å². The van der Waals surface area contributed by atoms with Gasteiger partial charge in [0.15, 0.2) is 0 Å². The fourth-order valence-corrected chi connectivity index (χ4v) is 2.07. The standard InChI is InChI=1S/C14H19NO2/c1-3-11-8-13(11)15-9-10-4-6-12(7-5-10)14(16)17-2/h4-7,11,13,15H,3,8-9H2,1-2H3. The Morgan fingerprint density at radius 3 is 2.65 bits per heavy atom. The van der Waals surface area contributed by atoms with Crippen molar-refractivity contribution in [2.45, 2.75) is 32.4 Å². The van der Waals surface area contributed by atoms with Crippen LogP contribution >= 0.6 is 0 Å². The molecule has 0 radical (unpaired) electrons. The van der Waals surface area contributed by atoms with Gasteiger partial charge < -0.3 is 10.1 Å². The molecule has 3 heteroatoms.